The summed E-state index contributed by atoms with van der Waals surface area (Å²) in [4.78, 5) is 9.89. The number of hydrogen-bond donors (Lipinski definition) is 1. The zero-order chi connectivity index (χ0) is 14.6. The topological polar surface area (TPSA) is 98.9 Å². The molecule has 0 aromatic carbocycles. The Balaban J connectivity index is 5.36. The van der Waals surface area contributed by atoms with Crippen LogP contribution >= 0.6 is 7.60 Å². The van der Waals surface area contributed by atoms with Crippen LogP contribution in [-0.4, -0.2) is 34.1 Å². The van der Waals surface area contributed by atoms with Crippen molar-refractivity contribution in [3.05, 3.63) is 10.1 Å². The van der Waals surface area contributed by atoms with E-state index in [2.05, 4.69) is 0 Å². The molecule has 18 heavy (non-hydrogen) atoms. The Hall–Kier alpha value is -0.490. The second kappa shape index (κ2) is 6.61. The Morgan fingerprint density at radius 3 is 1.89 bits per heavy atom. The quantitative estimate of drug-likeness (QED) is 0.417. The van der Waals surface area contributed by atoms with E-state index in [1.807, 2.05) is 0 Å². The Morgan fingerprint density at radius 1 is 1.28 bits per heavy atom. The summed E-state index contributed by atoms with van der Waals surface area (Å²) in [6, 6.07) is 0. The van der Waals surface area contributed by atoms with Gasteiger partial charge in [-0.05, 0) is 34.1 Å². The maximum absolute atomic E-state index is 12.6. The fourth-order valence-corrected chi connectivity index (χ4v) is 3.60. The molecular formula is C10H22NO6P. The summed E-state index contributed by atoms with van der Waals surface area (Å²) in [6.07, 6.45) is -1.04. The number of nitro groups is 1. The van der Waals surface area contributed by atoms with E-state index in [1.165, 1.54) is 6.92 Å². The molecule has 1 atom stereocenters. The predicted molar refractivity (Wildman–Crippen MR) is 67.2 cm³/mol. The highest BCUT2D eigenvalue weighted by molar-refractivity contribution is 7.55. The lowest BCUT2D eigenvalue weighted by Crippen LogP contribution is -2.39. The Morgan fingerprint density at radius 2 is 1.67 bits per heavy atom. The van der Waals surface area contributed by atoms with Gasteiger partial charge < -0.3 is 14.2 Å². The highest BCUT2D eigenvalue weighted by Crippen LogP contribution is 2.61. The molecule has 1 unspecified atom stereocenters. The lowest BCUT2D eigenvalue weighted by atomic mass is 10.3. The van der Waals surface area contributed by atoms with E-state index < -0.39 is 36.6 Å². The van der Waals surface area contributed by atoms with Gasteiger partial charge in [0.1, 0.15) is 0 Å². The molecule has 7 nitrogen and oxygen atoms in total. The first kappa shape index (κ1) is 17.5. The molecule has 8 heteroatoms. The van der Waals surface area contributed by atoms with Crippen molar-refractivity contribution in [2.24, 2.45) is 0 Å². The van der Waals surface area contributed by atoms with Gasteiger partial charge in [0.05, 0.1) is 12.2 Å². The highest BCUT2D eigenvalue weighted by Gasteiger charge is 2.53. The van der Waals surface area contributed by atoms with Gasteiger partial charge in [0, 0.05) is 4.92 Å². The summed E-state index contributed by atoms with van der Waals surface area (Å²) in [6.45, 7) is 7.12. The third-order valence-electron chi connectivity index (χ3n) is 2.16. The average molecular weight is 283 g/mol. The predicted octanol–water partition coefficient (Wildman–Crippen LogP) is 2.40. The van der Waals surface area contributed by atoms with Gasteiger partial charge >= 0.3 is 7.60 Å². The normalized spacial score (nSPS) is 16.0. The van der Waals surface area contributed by atoms with Gasteiger partial charge in [0.25, 0.3) is 0 Å². The van der Waals surface area contributed by atoms with Crippen LogP contribution < -0.4 is 0 Å². The molecule has 1 N–H and O–H groups in total. The molecule has 0 rings (SSSR count). The molecule has 0 amide bonds. The minimum Gasteiger partial charge on any atom is -0.372 e. The summed E-state index contributed by atoms with van der Waals surface area (Å²) >= 11 is 0. The molecule has 0 aliphatic rings. The summed E-state index contributed by atoms with van der Waals surface area (Å²) < 4.78 is 23.0. The van der Waals surface area contributed by atoms with Crippen molar-refractivity contribution in [1.29, 1.82) is 0 Å². The van der Waals surface area contributed by atoms with Crippen LogP contribution in [0.15, 0.2) is 0 Å². The summed E-state index contributed by atoms with van der Waals surface area (Å²) in [5.41, 5.74) is 0. The summed E-state index contributed by atoms with van der Waals surface area (Å²) in [5.74, 6) is 0. The van der Waals surface area contributed by atoms with E-state index in [1.54, 1.807) is 27.7 Å². The van der Waals surface area contributed by atoms with E-state index >= 15 is 0 Å². The molecule has 108 valence electrons. The van der Waals surface area contributed by atoms with E-state index in [0.29, 0.717) is 0 Å². The van der Waals surface area contributed by atoms with Crippen molar-refractivity contribution < 1.29 is 23.6 Å². The van der Waals surface area contributed by atoms with Gasteiger partial charge in [0.15, 0.2) is 0 Å². The van der Waals surface area contributed by atoms with Crippen molar-refractivity contribution in [2.45, 2.75) is 58.6 Å². The maximum atomic E-state index is 12.6. The number of aliphatic hydroxyl groups is 1. The van der Waals surface area contributed by atoms with E-state index in [4.69, 9.17) is 9.05 Å². The van der Waals surface area contributed by atoms with Crippen LogP contribution in [0.3, 0.4) is 0 Å². The summed E-state index contributed by atoms with van der Waals surface area (Å²) in [5, 5.41) is 18.8. The van der Waals surface area contributed by atoms with Crippen LogP contribution in [0.25, 0.3) is 0 Å². The zero-order valence-corrected chi connectivity index (χ0v) is 12.3. The third-order valence-corrected chi connectivity index (χ3v) is 5.03. The van der Waals surface area contributed by atoms with Crippen LogP contribution in [-0.2, 0) is 13.6 Å². The highest BCUT2D eigenvalue weighted by atomic mass is 31.2. The molecule has 0 saturated heterocycles. The van der Waals surface area contributed by atoms with Crippen LogP contribution in [0.5, 0.6) is 0 Å². The molecule has 0 bridgehead atoms. The molecule has 0 heterocycles. The maximum Gasteiger partial charge on any atom is 0.369 e. The summed E-state index contributed by atoms with van der Waals surface area (Å²) in [7, 11) is -3.99. The monoisotopic (exact) mass is 283 g/mol. The van der Waals surface area contributed by atoms with Crippen molar-refractivity contribution >= 4 is 7.60 Å². The molecule has 0 aliphatic heterocycles. The van der Waals surface area contributed by atoms with E-state index in [0.717, 1.165) is 0 Å². The van der Waals surface area contributed by atoms with Crippen LogP contribution in [0, 0.1) is 10.1 Å². The molecule has 0 aromatic rings. The second-order valence-corrected chi connectivity index (χ2v) is 6.88. The van der Waals surface area contributed by atoms with Gasteiger partial charge in [-0.3, -0.25) is 14.7 Å². The smallest absolute Gasteiger partial charge is 0.369 e. The SMILES string of the molecule is CCC(O)(C[N+](=O)[O-])P(=O)(OC(C)C)OC(C)C. The lowest BCUT2D eigenvalue weighted by Gasteiger charge is -2.33. The first-order valence-electron chi connectivity index (χ1n) is 5.87. The van der Waals surface area contributed by atoms with E-state index in [9.17, 15) is 19.8 Å². The first-order chi connectivity index (χ1) is 8.06. The molecule has 0 spiro atoms. The second-order valence-electron chi connectivity index (χ2n) is 4.63. The Labute approximate surface area is 107 Å². The van der Waals surface area contributed by atoms with Crippen LogP contribution in [0.1, 0.15) is 41.0 Å². The minimum absolute atomic E-state index is 0.0926. The molecule has 0 fully saturated rings. The number of nitrogens with zero attached hydrogens (tertiary/aromatic N) is 1. The average Bonchev–Trinajstić information content (AvgIpc) is 2.13. The van der Waals surface area contributed by atoms with Crippen LogP contribution in [0.2, 0.25) is 0 Å². The van der Waals surface area contributed by atoms with Crippen molar-refractivity contribution in [2.75, 3.05) is 6.54 Å². The molecular weight excluding hydrogens is 261 g/mol. The Bertz CT molecular complexity index is 318. The van der Waals surface area contributed by atoms with Gasteiger partial charge in [-0.25, -0.2) is 0 Å². The van der Waals surface area contributed by atoms with Gasteiger partial charge in [-0.2, -0.15) is 0 Å². The first-order valence-corrected chi connectivity index (χ1v) is 7.41. The zero-order valence-electron chi connectivity index (χ0n) is 11.5. The Kier molecular flexibility index (Phi) is 6.43. The van der Waals surface area contributed by atoms with E-state index in [-0.39, 0.29) is 6.42 Å². The fraction of sp³-hybridized carbons (Fsp3) is 1.00. The number of rotatable bonds is 8. The number of hydrogen-bond acceptors (Lipinski definition) is 6. The fourth-order valence-electron chi connectivity index (χ4n) is 1.37. The van der Waals surface area contributed by atoms with Gasteiger partial charge in [-0.15, -0.1) is 0 Å². The van der Waals surface area contributed by atoms with Crippen molar-refractivity contribution in [3.8, 4) is 0 Å². The van der Waals surface area contributed by atoms with Gasteiger partial charge in [-0.1, -0.05) is 6.92 Å². The molecule has 0 aliphatic carbocycles. The van der Waals surface area contributed by atoms with Crippen LogP contribution in [0.4, 0.5) is 0 Å². The largest absolute Gasteiger partial charge is 0.372 e. The standard InChI is InChI=1S/C10H22NO6P/c1-6-10(12,7-11(13)14)18(15,16-8(2)3)17-9(4)5/h8-9,12H,6-7H2,1-5H3. The van der Waals surface area contributed by atoms with Crippen molar-refractivity contribution in [3.63, 3.8) is 0 Å². The molecule has 0 saturated carbocycles. The molecule has 0 aromatic heterocycles. The lowest BCUT2D eigenvalue weighted by molar-refractivity contribution is -0.495. The minimum atomic E-state index is -3.99. The van der Waals surface area contributed by atoms with Crippen molar-refractivity contribution in [1.82, 2.24) is 0 Å². The molecule has 0 radical (unpaired) electrons. The van der Waals surface area contributed by atoms with Gasteiger partial charge in [0.2, 0.25) is 11.9 Å². The third kappa shape index (κ3) is 4.65.